The predicted octanol–water partition coefficient (Wildman–Crippen LogP) is 0.299. The molecule has 0 amide bonds. The van der Waals surface area contributed by atoms with Crippen molar-refractivity contribution in [3.8, 4) is 0 Å². The molecule has 4 heteroatoms. The summed E-state index contributed by atoms with van der Waals surface area (Å²) in [4.78, 5) is 10.8. The second-order valence-corrected chi connectivity index (χ2v) is 2.51. The molecule has 10 heavy (non-hydrogen) atoms. The standard InChI is InChI=1S/C6H11NOS2/c7-5(4-10)6(8)2-1-3-9/h1-2,5,9-10H,3-4,7H2/t5-/m0/s1. The summed E-state index contributed by atoms with van der Waals surface area (Å²) in [5.41, 5.74) is 5.36. The molecule has 0 bridgehead atoms. The van der Waals surface area contributed by atoms with Crippen LogP contribution in [0.3, 0.4) is 0 Å². The molecule has 0 spiro atoms. The summed E-state index contributed by atoms with van der Waals surface area (Å²) in [7, 11) is 0. The van der Waals surface area contributed by atoms with E-state index in [1.165, 1.54) is 6.08 Å². The maximum Gasteiger partial charge on any atom is 0.172 e. The lowest BCUT2D eigenvalue weighted by molar-refractivity contribution is -0.115. The van der Waals surface area contributed by atoms with E-state index in [9.17, 15) is 4.79 Å². The van der Waals surface area contributed by atoms with Crippen molar-refractivity contribution in [2.75, 3.05) is 11.5 Å². The average Bonchev–Trinajstić information content (AvgIpc) is 1.98. The van der Waals surface area contributed by atoms with Crippen LogP contribution in [0.5, 0.6) is 0 Å². The lowest BCUT2D eigenvalue weighted by Crippen LogP contribution is -2.30. The third-order valence-electron chi connectivity index (χ3n) is 0.950. The van der Waals surface area contributed by atoms with Crippen LogP contribution in [-0.4, -0.2) is 23.3 Å². The van der Waals surface area contributed by atoms with Gasteiger partial charge in [-0.15, -0.1) is 0 Å². The van der Waals surface area contributed by atoms with E-state index in [-0.39, 0.29) is 5.78 Å². The molecule has 0 aliphatic carbocycles. The summed E-state index contributed by atoms with van der Waals surface area (Å²) in [6.07, 6.45) is 3.10. The predicted molar refractivity (Wildman–Crippen MR) is 49.8 cm³/mol. The molecule has 0 aliphatic heterocycles. The van der Waals surface area contributed by atoms with Gasteiger partial charge in [-0.1, -0.05) is 6.08 Å². The Morgan fingerprint density at radius 2 is 2.20 bits per heavy atom. The average molecular weight is 177 g/mol. The minimum Gasteiger partial charge on any atom is -0.321 e. The van der Waals surface area contributed by atoms with Crippen molar-refractivity contribution >= 4 is 31.0 Å². The van der Waals surface area contributed by atoms with Crippen molar-refractivity contribution in [1.82, 2.24) is 0 Å². The Bertz CT molecular complexity index is 136. The summed E-state index contributed by atoms with van der Waals surface area (Å²) in [6.45, 7) is 0. The highest BCUT2D eigenvalue weighted by Gasteiger charge is 2.05. The molecular formula is C6H11NOS2. The van der Waals surface area contributed by atoms with Crippen LogP contribution in [-0.2, 0) is 4.79 Å². The van der Waals surface area contributed by atoms with Crippen LogP contribution in [0.1, 0.15) is 0 Å². The molecule has 0 aliphatic rings. The zero-order chi connectivity index (χ0) is 7.98. The Balaban J connectivity index is 3.72. The molecule has 2 nitrogen and oxygen atoms in total. The number of rotatable bonds is 4. The van der Waals surface area contributed by atoms with E-state index in [0.717, 1.165) is 0 Å². The third kappa shape index (κ3) is 3.98. The number of ketones is 1. The first-order valence-electron chi connectivity index (χ1n) is 2.90. The van der Waals surface area contributed by atoms with Gasteiger partial charge in [0.05, 0.1) is 6.04 Å². The van der Waals surface area contributed by atoms with Crippen LogP contribution in [0.4, 0.5) is 0 Å². The van der Waals surface area contributed by atoms with Crippen LogP contribution in [0.2, 0.25) is 0 Å². The normalized spacial score (nSPS) is 13.9. The SMILES string of the molecule is N[C@@H](CS)C(=O)C=CCS. The number of hydrogen-bond acceptors (Lipinski definition) is 4. The van der Waals surface area contributed by atoms with Crippen LogP contribution in [0, 0.1) is 0 Å². The van der Waals surface area contributed by atoms with Crippen LogP contribution in [0.15, 0.2) is 12.2 Å². The maximum absolute atomic E-state index is 10.8. The molecule has 0 saturated carbocycles. The van der Waals surface area contributed by atoms with Gasteiger partial charge >= 0.3 is 0 Å². The second kappa shape index (κ2) is 5.82. The highest BCUT2D eigenvalue weighted by molar-refractivity contribution is 7.80. The van der Waals surface area contributed by atoms with Crippen molar-refractivity contribution in [1.29, 1.82) is 0 Å². The lowest BCUT2D eigenvalue weighted by Gasteiger charge is -2.00. The van der Waals surface area contributed by atoms with Gasteiger partial charge in [0.1, 0.15) is 0 Å². The smallest absolute Gasteiger partial charge is 0.172 e. The summed E-state index contributed by atoms with van der Waals surface area (Å²) < 4.78 is 0. The molecule has 0 saturated heterocycles. The zero-order valence-corrected chi connectivity index (χ0v) is 7.32. The number of nitrogens with two attached hydrogens (primary N) is 1. The number of carbonyl (C=O) groups is 1. The summed E-state index contributed by atoms with van der Waals surface area (Å²) >= 11 is 7.77. The minimum atomic E-state index is -0.473. The van der Waals surface area contributed by atoms with Gasteiger partial charge in [0.25, 0.3) is 0 Å². The van der Waals surface area contributed by atoms with Crippen LogP contribution < -0.4 is 5.73 Å². The monoisotopic (exact) mass is 177 g/mol. The zero-order valence-electron chi connectivity index (χ0n) is 5.53. The Labute approximate surface area is 71.7 Å². The minimum absolute atomic E-state index is 0.0935. The van der Waals surface area contributed by atoms with Gasteiger partial charge in [0.15, 0.2) is 5.78 Å². The number of hydrogen-bond donors (Lipinski definition) is 3. The molecule has 0 aromatic heterocycles. The van der Waals surface area contributed by atoms with Gasteiger partial charge < -0.3 is 5.73 Å². The first kappa shape index (κ1) is 10.1. The van der Waals surface area contributed by atoms with Crippen LogP contribution in [0.25, 0.3) is 0 Å². The second-order valence-electron chi connectivity index (χ2n) is 1.78. The fraction of sp³-hybridized carbons (Fsp3) is 0.500. The van der Waals surface area contributed by atoms with E-state index in [1.54, 1.807) is 6.08 Å². The lowest BCUT2D eigenvalue weighted by atomic mass is 10.2. The Morgan fingerprint density at radius 1 is 1.60 bits per heavy atom. The van der Waals surface area contributed by atoms with Gasteiger partial charge in [0.2, 0.25) is 0 Å². The fourth-order valence-corrected chi connectivity index (χ4v) is 0.668. The molecule has 0 aromatic carbocycles. The molecular weight excluding hydrogens is 166 g/mol. The topological polar surface area (TPSA) is 43.1 Å². The van der Waals surface area contributed by atoms with Crippen molar-refractivity contribution in [3.05, 3.63) is 12.2 Å². The van der Waals surface area contributed by atoms with E-state index >= 15 is 0 Å². The molecule has 0 aromatic rings. The largest absolute Gasteiger partial charge is 0.321 e. The third-order valence-corrected chi connectivity index (χ3v) is 1.55. The highest BCUT2D eigenvalue weighted by Crippen LogP contribution is 1.88. The first-order chi connectivity index (χ1) is 4.72. The quantitative estimate of drug-likeness (QED) is 0.427. The van der Waals surface area contributed by atoms with Gasteiger partial charge in [0, 0.05) is 11.5 Å². The van der Waals surface area contributed by atoms with Crippen molar-refractivity contribution in [2.24, 2.45) is 5.73 Å². The molecule has 0 heterocycles. The van der Waals surface area contributed by atoms with Crippen molar-refractivity contribution < 1.29 is 4.79 Å². The van der Waals surface area contributed by atoms with Crippen molar-refractivity contribution in [3.63, 3.8) is 0 Å². The molecule has 0 fully saturated rings. The summed E-state index contributed by atoms with van der Waals surface area (Å²) in [5, 5.41) is 0. The summed E-state index contributed by atoms with van der Waals surface area (Å²) in [6, 6.07) is -0.473. The van der Waals surface area contributed by atoms with E-state index in [2.05, 4.69) is 25.3 Å². The molecule has 0 unspecified atom stereocenters. The van der Waals surface area contributed by atoms with Gasteiger partial charge in [-0.2, -0.15) is 25.3 Å². The Kier molecular flexibility index (Phi) is 5.87. The summed E-state index contributed by atoms with van der Waals surface area (Å²) in [5.74, 6) is 0.852. The molecule has 0 radical (unpaired) electrons. The van der Waals surface area contributed by atoms with E-state index in [0.29, 0.717) is 11.5 Å². The van der Waals surface area contributed by atoms with Gasteiger partial charge in [-0.05, 0) is 6.08 Å². The Morgan fingerprint density at radius 3 is 2.60 bits per heavy atom. The number of thiol groups is 2. The van der Waals surface area contributed by atoms with Crippen LogP contribution >= 0.6 is 25.3 Å². The molecule has 0 rings (SSSR count). The Hall–Kier alpha value is 0.0700. The van der Waals surface area contributed by atoms with E-state index in [4.69, 9.17) is 5.73 Å². The molecule has 58 valence electrons. The van der Waals surface area contributed by atoms with Gasteiger partial charge in [-0.25, -0.2) is 0 Å². The number of carbonyl (C=O) groups excluding carboxylic acids is 1. The van der Waals surface area contributed by atoms with Gasteiger partial charge in [-0.3, -0.25) is 4.79 Å². The van der Waals surface area contributed by atoms with E-state index < -0.39 is 6.04 Å². The van der Waals surface area contributed by atoms with E-state index in [1.807, 2.05) is 0 Å². The molecule has 2 N–H and O–H groups in total. The fourth-order valence-electron chi connectivity index (χ4n) is 0.382. The molecule has 1 atom stereocenters. The maximum atomic E-state index is 10.8. The highest BCUT2D eigenvalue weighted by atomic mass is 32.1. The van der Waals surface area contributed by atoms with Crippen molar-refractivity contribution in [2.45, 2.75) is 6.04 Å². The first-order valence-corrected chi connectivity index (χ1v) is 4.16.